The molecular weight excluding hydrogens is 513 g/mol. The van der Waals surface area contributed by atoms with E-state index in [0.717, 1.165) is 16.7 Å². The molecule has 3 heterocycles. The number of anilines is 1. The van der Waals surface area contributed by atoms with Crippen LogP contribution in [0.3, 0.4) is 0 Å². The molecule has 3 aromatic carbocycles. The maximum absolute atomic E-state index is 14.9. The second kappa shape index (κ2) is 9.97. The number of methoxy groups -OCH3 is 1. The minimum Gasteiger partial charge on any atom is -0.497 e. The largest absolute Gasteiger partial charge is 0.497 e. The molecule has 9 nitrogen and oxygen atoms in total. The monoisotopic (exact) mass is 539 g/mol. The molecule has 1 aliphatic rings. The van der Waals surface area contributed by atoms with Gasteiger partial charge in [0.1, 0.15) is 29.5 Å². The fourth-order valence-corrected chi connectivity index (χ4v) is 5.12. The normalized spacial score (nSPS) is 19.0. The van der Waals surface area contributed by atoms with Gasteiger partial charge in [-0.25, -0.2) is 9.37 Å². The molecular formula is C30H26FN5O4. The van der Waals surface area contributed by atoms with E-state index in [0.29, 0.717) is 5.75 Å². The summed E-state index contributed by atoms with van der Waals surface area (Å²) in [6, 6.07) is 27.1. The molecule has 1 fully saturated rings. The molecule has 0 saturated carbocycles. The van der Waals surface area contributed by atoms with Crippen LogP contribution in [0.25, 0.3) is 11.2 Å². The Morgan fingerprint density at radius 2 is 1.62 bits per heavy atom. The Balaban J connectivity index is 1.56. The van der Waals surface area contributed by atoms with E-state index in [1.165, 1.54) is 10.9 Å². The van der Waals surface area contributed by atoms with Gasteiger partial charge in [0.2, 0.25) is 12.2 Å². The van der Waals surface area contributed by atoms with Crippen LogP contribution in [0, 0.1) is 0 Å². The second-order valence-corrected chi connectivity index (χ2v) is 9.44. The predicted octanol–water partition coefficient (Wildman–Crippen LogP) is 4.27. The Hall–Kier alpha value is -4.96. The SMILES string of the molecule is C=C1O[C@@H](n2cnc3c(=O)[nH]c(NC(c4ccccc4)(c4ccccc4)c4ccc(OC)cc4)nc32)[C@H](F)[C@@H]1O. The fraction of sp³-hybridized carbons (Fsp3) is 0.167. The summed E-state index contributed by atoms with van der Waals surface area (Å²) in [5, 5.41) is 13.5. The van der Waals surface area contributed by atoms with Gasteiger partial charge in [0.15, 0.2) is 17.3 Å². The van der Waals surface area contributed by atoms with Crippen LogP contribution in [0.1, 0.15) is 22.9 Å². The number of rotatable bonds is 7. The third-order valence-corrected chi connectivity index (χ3v) is 7.13. The van der Waals surface area contributed by atoms with Crippen LogP contribution in [0.5, 0.6) is 5.75 Å². The molecule has 5 aromatic rings. The smallest absolute Gasteiger partial charge is 0.280 e. The molecule has 3 N–H and O–H groups in total. The lowest BCUT2D eigenvalue weighted by atomic mass is 9.77. The Morgan fingerprint density at radius 1 is 1.02 bits per heavy atom. The number of aliphatic hydroxyl groups is 1. The number of aromatic nitrogens is 4. The van der Waals surface area contributed by atoms with Gasteiger partial charge in [0, 0.05) is 0 Å². The average Bonchev–Trinajstić information content (AvgIpc) is 3.53. The third kappa shape index (κ3) is 4.09. The van der Waals surface area contributed by atoms with Gasteiger partial charge in [-0.2, -0.15) is 4.98 Å². The van der Waals surface area contributed by atoms with E-state index in [2.05, 4.69) is 26.8 Å². The van der Waals surface area contributed by atoms with E-state index >= 15 is 0 Å². The van der Waals surface area contributed by atoms with Crippen molar-refractivity contribution < 1.29 is 19.0 Å². The number of H-pyrrole nitrogens is 1. The van der Waals surface area contributed by atoms with Crippen LogP contribution in [0.2, 0.25) is 0 Å². The van der Waals surface area contributed by atoms with E-state index in [1.807, 2.05) is 84.9 Å². The Labute approximate surface area is 228 Å². The van der Waals surface area contributed by atoms with Gasteiger partial charge in [-0.15, -0.1) is 0 Å². The highest BCUT2D eigenvalue weighted by atomic mass is 19.1. The molecule has 1 saturated heterocycles. The van der Waals surface area contributed by atoms with E-state index < -0.39 is 29.6 Å². The highest BCUT2D eigenvalue weighted by molar-refractivity contribution is 5.71. The fourth-order valence-electron chi connectivity index (χ4n) is 5.12. The summed E-state index contributed by atoms with van der Waals surface area (Å²) in [5.74, 6) is 0.710. The number of benzene rings is 3. The maximum Gasteiger partial charge on any atom is 0.280 e. The van der Waals surface area contributed by atoms with Gasteiger partial charge in [0.05, 0.1) is 7.11 Å². The number of hydrogen-bond acceptors (Lipinski definition) is 7. The first kappa shape index (κ1) is 25.3. The number of ether oxygens (including phenoxy) is 2. The number of nitrogens with zero attached hydrogens (tertiary/aromatic N) is 3. The van der Waals surface area contributed by atoms with Crippen LogP contribution in [-0.2, 0) is 10.3 Å². The molecule has 0 spiro atoms. The highest BCUT2D eigenvalue weighted by Gasteiger charge is 2.43. The van der Waals surface area contributed by atoms with Crippen LogP contribution < -0.4 is 15.6 Å². The van der Waals surface area contributed by atoms with Crippen molar-refractivity contribution in [1.29, 1.82) is 0 Å². The van der Waals surface area contributed by atoms with Crippen molar-refractivity contribution in [2.75, 3.05) is 12.4 Å². The van der Waals surface area contributed by atoms with Gasteiger partial charge in [0.25, 0.3) is 5.56 Å². The first-order valence-electron chi connectivity index (χ1n) is 12.6. The second-order valence-electron chi connectivity index (χ2n) is 9.44. The highest BCUT2D eigenvalue weighted by Crippen LogP contribution is 2.40. The van der Waals surface area contributed by atoms with Crippen LogP contribution in [0.4, 0.5) is 10.3 Å². The number of fused-ring (bicyclic) bond motifs is 1. The van der Waals surface area contributed by atoms with Crippen molar-refractivity contribution in [3.63, 3.8) is 0 Å². The number of nitrogens with one attached hydrogen (secondary N) is 2. The van der Waals surface area contributed by atoms with Gasteiger partial charge in [-0.05, 0) is 28.8 Å². The molecule has 40 heavy (non-hydrogen) atoms. The number of hydrogen-bond donors (Lipinski definition) is 3. The quantitative estimate of drug-likeness (QED) is 0.265. The van der Waals surface area contributed by atoms with Crippen molar-refractivity contribution in [3.05, 3.63) is 131 Å². The summed E-state index contributed by atoms with van der Waals surface area (Å²) < 4.78 is 27.1. The number of aromatic amines is 1. The Kier molecular flexibility index (Phi) is 6.31. The zero-order valence-corrected chi connectivity index (χ0v) is 21.5. The van der Waals surface area contributed by atoms with Crippen molar-refractivity contribution in [2.45, 2.75) is 24.0 Å². The summed E-state index contributed by atoms with van der Waals surface area (Å²) in [7, 11) is 1.60. The molecule has 6 rings (SSSR count). The molecule has 0 bridgehead atoms. The summed E-state index contributed by atoms with van der Waals surface area (Å²) >= 11 is 0. The van der Waals surface area contributed by atoms with Crippen molar-refractivity contribution in [3.8, 4) is 5.75 Å². The lowest BCUT2D eigenvalue weighted by molar-refractivity contribution is 0.0406. The van der Waals surface area contributed by atoms with Crippen LogP contribution in [0.15, 0.2) is 108 Å². The molecule has 0 unspecified atom stereocenters. The number of halogens is 1. The van der Waals surface area contributed by atoms with Gasteiger partial charge >= 0.3 is 0 Å². The Bertz CT molecular complexity index is 1680. The number of aliphatic hydroxyl groups excluding tert-OH is 1. The molecule has 0 aliphatic carbocycles. The molecule has 202 valence electrons. The average molecular weight is 540 g/mol. The molecule has 10 heteroatoms. The minimum atomic E-state index is -1.81. The van der Waals surface area contributed by atoms with Gasteiger partial charge in [-0.1, -0.05) is 79.4 Å². The minimum absolute atomic E-state index is 0.00261. The van der Waals surface area contributed by atoms with Crippen LogP contribution in [-0.4, -0.2) is 44.0 Å². The van der Waals surface area contributed by atoms with Gasteiger partial charge in [-0.3, -0.25) is 14.3 Å². The van der Waals surface area contributed by atoms with Crippen molar-refractivity contribution >= 4 is 17.1 Å². The third-order valence-electron chi connectivity index (χ3n) is 7.13. The molecule has 0 radical (unpaired) electrons. The maximum atomic E-state index is 14.9. The first-order valence-corrected chi connectivity index (χ1v) is 12.6. The topological polar surface area (TPSA) is 114 Å². The zero-order chi connectivity index (χ0) is 27.9. The molecule has 0 amide bonds. The van der Waals surface area contributed by atoms with E-state index in [4.69, 9.17) is 9.47 Å². The molecule has 2 aromatic heterocycles. The summed E-state index contributed by atoms with van der Waals surface area (Å²) in [4.78, 5) is 24.8. The van der Waals surface area contributed by atoms with Crippen molar-refractivity contribution in [2.24, 2.45) is 0 Å². The standard InChI is InChI=1S/C30H26FN5O4/c1-18-25(37)23(31)28(40-18)36-17-32-24-26(36)33-29(34-27(24)38)35-30(19-9-5-3-6-10-19,20-11-7-4-8-12-20)21-13-15-22(39-2)16-14-21/h3-17,23,25,28,37H,1H2,2H3,(H2,33,34,35,38)/t23-,25-,28-/m1/s1. The first-order chi connectivity index (χ1) is 19.4. The molecule has 3 atom stereocenters. The lowest BCUT2D eigenvalue weighted by Gasteiger charge is -2.37. The van der Waals surface area contributed by atoms with E-state index in [-0.39, 0.29) is 22.9 Å². The van der Waals surface area contributed by atoms with Crippen LogP contribution >= 0.6 is 0 Å². The predicted molar refractivity (Wildman–Crippen MR) is 148 cm³/mol. The number of alkyl halides is 1. The summed E-state index contributed by atoms with van der Waals surface area (Å²) in [6.07, 6.45) is -3.32. The van der Waals surface area contributed by atoms with Gasteiger partial charge < -0.3 is 19.9 Å². The zero-order valence-electron chi connectivity index (χ0n) is 21.5. The van der Waals surface area contributed by atoms with E-state index in [9.17, 15) is 14.3 Å². The number of imidazole rings is 1. The lowest BCUT2D eigenvalue weighted by Crippen LogP contribution is -2.39. The van der Waals surface area contributed by atoms with Crippen molar-refractivity contribution in [1.82, 2.24) is 19.5 Å². The molecule has 1 aliphatic heterocycles. The Morgan fingerprint density at radius 3 is 2.17 bits per heavy atom. The van der Waals surface area contributed by atoms with E-state index in [1.54, 1.807) is 7.11 Å². The summed E-state index contributed by atoms with van der Waals surface area (Å²) in [6.45, 7) is 3.57. The summed E-state index contributed by atoms with van der Waals surface area (Å²) in [5.41, 5.74) is 1.16.